The highest BCUT2D eigenvalue weighted by atomic mass is 19.1. The molecule has 1 N–H and O–H groups in total. The van der Waals surface area contributed by atoms with Crippen LogP contribution in [0.4, 0.5) is 4.39 Å². The second-order valence-corrected chi connectivity index (χ2v) is 4.16. The minimum atomic E-state index is -0.350. The molecule has 0 radical (unpaired) electrons. The number of hydrogen-bond acceptors (Lipinski definition) is 4. The molecule has 0 saturated carbocycles. The van der Waals surface area contributed by atoms with Gasteiger partial charge < -0.3 is 9.73 Å². The van der Waals surface area contributed by atoms with Crippen molar-refractivity contribution in [3.63, 3.8) is 0 Å². The molecule has 2 rings (SSSR count). The van der Waals surface area contributed by atoms with Crippen LogP contribution in [0.3, 0.4) is 0 Å². The zero-order valence-corrected chi connectivity index (χ0v) is 10.5. The fourth-order valence-electron chi connectivity index (χ4n) is 1.61. The largest absolute Gasteiger partial charge is 0.419 e. The number of aryl methyl sites for hydroxylation is 1. The van der Waals surface area contributed by atoms with Gasteiger partial charge in [0.05, 0.1) is 12.1 Å². The number of nitrogens with zero attached hydrogens (tertiary/aromatic N) is 2. The second kappa shape index (κ2) is 5.73. The predicted molar refractivity (Wildman–Crippen MR) is 66.4 cm³/mol. The number of aromatic nitrogens is 2. The van der Waals surface area contributed by atoms with Crippen molar-refractivity contribution in [3.8, 4) is 11.5 Å². The van der Waals surface area contributed by atoms with Crippen molar-refractivity contribution in [1.29, 1.82) is 0 Å². The Hall–Kier alpha value is -1.75. The third-order valence-electron chi connectivity index (χ3n) is 2.52. The van der Waals surface area contributed by atoms with E-state index < -0.39 is 0 Å². The maximum Gasteiger partial charge on any atom is 0.250 e. The smallest absolute Gasteiger partial charge is 0.250 e. The summed E-state index contributed by atoms with van der Waals surface area (Å²) < 4.78 is 19.1. The quantitative estimate of drug-likeness (QED) is 0.828. The lowest BCUT2D eigenvalue weighted by molar-refractivity contribution is 0.475. The predicted octanol–water partition coefficient (Wildman–Crippen LogP) is 2.68. The highest BCUT2D eigenvalue weighted by Crippen LogP contribution is 2.22. The Balaban J connectivity index is 2.16. The minimum absolute atomic E-state index is 0.226. The molecular weight excluding hydrogens is 233 g/mol. The Kier molecular flexibility index (Phi) is 4.04. The average Bonchev–Trinajstić information content (AvgIpc) is 2.81. The molecule has 1 aromatic carbocycles. The molecule has 5 heteroatoms. The highest BCUT2D eigenvalue weighted by Gasteiger charge is 2.12. The van der Waals surface area contributed by atoms with Gasteiger partial charge in [0.1, 0.15) is 5.82 Å². The molecule has 0 unspecified atom stereocenters. The Labute approximate surface area is 105 Å². The van der Waals surface area contributed by atoms with Gasteiger partial charge in [-0.2, -0.15) is 0 Å². The maximum atomic E-state index is 13.6. The molecule has 1 heterocycles. The van der Waals surface area contributed by atoms with Crippen LogP contribution in [0.5, 0.6) is 0 Å². The van der Waals surface area contributed by atoms with Crippen LogP contribution in [0.1, 0.15) is 24.8 Å². The highest BCUT2D eigenvalue weighted by molar-refractivity contribution is 5.54. The second-order valence-electron chi connectivity index (χ2n) is 4.16. The Morgan fingerprint density at radius 1 is 1.33 bits per heavy atom. The molecule has 18 heavy (non-hydrogen) atoms. The van der Waals surface area contributed by atoms with Crippen molar-refractivity contribution >= 4 is 0 Å². The summed E-state index contributed by atoms with van der Waals surface area (Å²) in [5, 5.41) is 10.9. The molecule has 0 aliphatic heterocycles. The first-order valence-electron chi connectivity index (χ1n) is 6.00. The summed E-state index contributed by atoms with van der Waals surface area (Å²) in [5.74, 6) is 0.348. The van der Waals surface area contributed by atoms with Crippen LogP contribution in [0.25, 0.3) is 11.5 Å². The summed E-state index contributed by atoms with van der Waals surface area (Å²) in [6.45, 7) is 5.36. The van der Waals surface area contributed by atoms with E-state index in [0.29, 0.717) is 18.0 Å². The van der Waals surface area contributed by atoms with Gasteiger partial charge in [0.2, 0.25) is 5.89 Å². The molecule has 2 aromatic rings. The van der Waals surface area contributed by atoms with Crippen LogP contribution in [0.15, 0.2) is 22.6 Å². The minimum Gasteiger partial charge on any atom is -0.419 e. The first kappa shape index (κ1) is 12.7. The van der Waals surface area contributed by atoms with Crippen molar-refractivity contribution < 1.29 is 8.81 Å². The van der Waals surface area contributed by atoms with Gasteiger partial charge in [0.25, 0.3) is 5.89 Å². The number of halogens is 1. The van der Waals surface area contributed by atoms with Gasteiger partial charge in [-0.05, 0) is 32.0 Å². The first-order chi connectivity index (χ1) is 8.70. The SMILES string of the molecule is CCCNCc1nnc(-c2cc(C)ccc2F)o1. The summed E-state index contributed by atoms with van der Waals surface area (Å²) in [4.78, 5) is 0. The Morgan fingerprint density at radius 3 is 2.94 bits per heavy atom. The lowest BCUT2D eigenvalue weighted by atomic mass is 10.1. The topological polar surface area (TPSA) is 51.0 Å². The van der Waals surface area contributed by atoms with E-state index in [1.165, 1.54) is 6.07 Å². The van der Waals surface area contributed by atoms with E-state index in [2.05, 4.69) is 22.4 Å². The third-order valence-corrected chi connectivity index (χ3v) is 2.52. The molecular formula is C13H16FN3O. The third kappa shape index (κ3) is 2.92. The molecule has 4 nitrogen and oxygen atoms in total. The van der Waals surface area contributed by atoms with Crippen molar-refractivity contribution in [1.82, 2.24) is 15.5 Å². The van der Waals surface area contributed by atoms with Gasteiger partial charge in [-0.3, -0.25) is 0 Å². The Morgan fingerprint density at radius 2 is 2.17 bits per heavy atom. The van der Waals surface area contributed by atoms with Crippen LogP contribution in [-0.2, 0) is 6.54 Å². The van der Waals surface area contributed by atoms with Gasteiger partial charge >= 0.3 is 0 Å². The Bertz CT molecular complexity index is 525. The molecule has 0 fully saturated rings. The number of rotatable bonds is 5. The molecule has 0 atom stereocenters. The van der Waals surface area contributed by atoms with Gasteiger partial charge in [0.15, 0.2) is 0 Å². The van der Waals surface area contributed by atoms with E-state index >= 15 is 0 Å². The average molecular weight is 249 g/mol. The molecule has 0 bridgehead atoms. The number of hydrogen-bond donors (Lipinski definition) is 1. The maximum absolute atomic E-state index is 13.6. The van der Waals surface area contributed by atoms with Crippen molar-refractivity contribution in [2.75, 3.05) is 6.54 Å². The molecule has 0 saturated heterocycles. The van der Waals surface area contributed by atoms with E-state index in [1.54, 1.807) is 12.1 Å². The van der Waals surface area contributed by atoms with Crippen LogP contribution in [-0.4, -0.2) is 16.7 Å². The van der Waals surface area contributed by atoms with E-state index in [9.17, 15) is 4.39 Å². The summed E-state index contributed by atoms with van der Waals surface area (Å²) in [6, 6.07) is 4.81. The summed E-state index contributed by atoms with van der Waals surface area (Å²) >= 11 is 0. The lowest BCUT2D eigenvalue weighted by Crippen LogP contribution is -2.13. The summed E-state index contributed by atoms with van der Waals surface area (Å²) in [6.07, 6.45) is 1.04. The molecule has 0 spiro atoms. The number of nitrogens with one attached hydrogen (secondary N) is 1. The molecule has 1 aromatic heterocycles. The van der Waals surface area contributed by atoms with Gasteiger partial charge in [-0.15, -0.1) is 10.2 Å². The van der Waals surface area contributed by atoms with Gasteiger partial charge in [0, 0.05) is 0 Å². The van der Waals surface area contributed by atoms with E-state index in [1.807, 2.05) is 6.92 Å². The van der Waals surface area contributed by atoms with Crippen LogP contribution < -0.4 is 5.32 Å². The van der Waals surface area contributed by atoms with Crippen molar-refractivity contribution in [2.24, 2.45) is 0 Å². The standard InChI is InChI=1S/C13H16FN3O/c1-3-6-15-8-12-16-17-13(18-12)10-7-9(2)4-5-11(10)14/h4-5,7,15H,3,6,8H2,1-2H3. The van der Waals surface area contributed by atoms with Crippen molar-refractivity contribution in [3.05, 3.63) is 35.5 Å². The fourth-order valence-corrected chi connectivity index (χ4v) is 1.61. The fraction of sp³-hybridized carbons (Fsp3) is 0.385. The molecule has 96 valence electrons. The van der Waals surface area contributed by atoms with E-state index in [-0.39, 0.29) is 11.7 Å². The van der Waals surface area contributed by atoms with E-state index in [0.717, 1.165) is 18.5 Å². The van der Waals surface area contributed by atoms with E-state index in [4.69, 9.17) is 4.42 Å². The molecule has 0 amide bonds. The van der Waals surface area contributed by atoms with Gasteiger partial charge in [-0.25, -0.2) is 4.39 Å². The number of benzene rings is 1. The van der Waals surface area contributed by atoms with Gasteiger partial charge in [-0.1, -0.05) is 18.6 Å². The van der Waals surface area contributed by atoms with Crippen LogP contribution in [0, 0.1) is 12.7 Å². The molecule has 0 aliphatic rings. The van der Waals surface area contributed by atoms with Crippen LogP contribution >= 0.6 is 0 Å². The lowest BCUT2D eigenvalue weighted by Gasteiger charge is -1.99. The van der Waals surface area contributed by atoms with Crippen LogP contribution in [0.2, 0.25) is 0 Å². The zero-order valence-electron chi connectivity index (χ0n) is 10.5. The zero-order chi connectivity index (χ0) is 13.0. The van der Waals surface area contributed by atoms with Crippen molar-refractivity contribution in [2.45, 2.75) is 26.8 Å². The monoisotopic (exact) mass is 249 g/mol. The normalized spacial score (nSPS) is 10.8. The summed E-state index contributed by atoms with van der Waals surface area (Å²) in [5.41, 5.74) is 1.31. The summed E-state index contributed by atoms with van der Waals surface area (Å²) in [7, 11) is 0. The molecule has 0 aliphatic carbocycles. The first-order valence-corrected chi connectivity index (χ1v) is 6.00.